The number of aromatic amines is 1. The lowest BCUT2D eigenvalue weighted by molar-refractivity contribution is 0.566. The highest BCUT2D eigenvalue weighted by molar-refractivity contribution is 7.12. The Morgan fingerprint density at radius 3 is 2.71 bits per heavy atom. The molecule has 2 heterocycles. The van der Waals surface area contributed by atoms with Gasteiger partial charge in [-0.05, 0) is 19.4 Å². The molecule has 1 N–H and O–H groups in total. The Labute approximate surface area is 129 Å². The molecule has 2 aromatic heterocycles. The van der Waals surface area contributed by atoms with Crippen molar-refractivity contribution >= 4 is 23.0 Å². The Kier molecular flexibility index (Phi) is 4.29. The molecule has 0 amide bonds. The second-order valence-electron chi connectivity index (χ2n) is 6.00. The number of aromatic nitrogens is 3. The molecule has 0 aliphatic carbocycles. The van der Waals surface area contributed by atoms with Crippen LogP contribution in [0, 0.1) is 18.3 Å². The van der Waals surface area contributed by atoms with Gasteiger partial charge in [-0.3, -0.25) is 5.10 Å². The monoisotopic (exact) mass is 300 g/mol. The molecule has 110 valence electrons. The Morgan fingerprint density at radius 2 is 2.19 bits per heavy atom. The summed E-state index contributed by atoms with van der Waals surface area (Å²) in [5.74, 6) is 0. The maximum Gasteiger partial charge on any atom is 0.134 e. The lowest BCUT2D eigenvalue weighted by Gasteiger charge is -2.17. The summed E-state index contributed by atoms with van der Waals surface area (Å²) in [4.78, 5) is 5.75. The molecule has 0 atom stereocenters. The molecule has 0 aromatic carbocycles. The topological polar surface area (TPSA) is 65.4 Å². The third-order valence-corrected chi connectivity index (χ3v) is 4.34. The van der Waals surface area contributed by atoms with E-state index < -0.39 is 0 Å². The summed E-state index contributed by atoms with van der Waals surface area (Å²) in [5, 5.41) is 17.4. The van der Waals surface area contributed by atoms with Crippen molar-refractivity contribution in [3.05, 3.63) is 33.0 Å². The highest BCUT2D eigenvalue weighted by atomic mass is 32.1. The zero-order valence-corrected chi connectivity index (χ0v) is 13.9. The summed E-state index contributed by atoms with van der Waals surface area (Å²) in [7, 11) is 0. The number of nitrogens with one attached hydrogen (secondary N) is 1. The fourth-order valence-electron chi connectivity index (χ4n) is 2.17. The number of thiazole rings is 1. The van der Waals surface area contributed by atoms with E-state index in [0.29, 0.717) is 5.57 Å². The first-order valence-electron chi connectivity index (χ1n) is 6.99. The molecule has 0 saturated heterocycles. The van der Waals surface area contributed by atoms with Crippen LogP contribution in [0.1, 0.15) is 54.5 Å². The van der Waals surface area contributed by atoms with Crippen LogP contribution in [0.2, 0.25) is 0 Å². The summed E-state index contributed by atoms with van der Waals surface area (Å²) in [5.41, 5.74) is 3.59. The van der Waals surface area contributed by atoms with E-state index in [9.17, 15) is 5.26 Å². The number of hydrogen-bond donors (Lipinski definition) is 1. The van der Waals surface area contributed by atoms with E-state index in [1.165, 1.54) is 4.88 Å². The summed E-state index contributed by atoms with van der Waals surface area (Å²) in [6, 6.07) is 2.27. The maximum atomic E-state index is 9.46. The van der Waals surface area contributed by atoms with Crippen LogP contribution in [0.3, 0.4) is 0 Å². The van der Waals surface area contributed by atoms with E-state index in [-0.39, 0.29) is 5.41 Å². The molecule has 0 unspecified atom stereocenters. The first-order chi connectivity index (χ1) is 9.86. The van der Waals surface area contributed by atoms with Gasteiger partial charge in [-0.1, -0.05) is 27.7 Å². The highest BCUT2D eigenvalue weighted by Gasteiger charge is 2.20. The maximum absolute atomic E-state index is 9.46. The quantitative estimate of drug-likeness (QED) is 0.868. The van der Waals surface area contributed by atoms with Crippen molar-refractivity contribution in [2.75, 3.05) is 0 Å². The van der Waals surface area contributed by atoms with Crippen molar-refractivity contribution in [1.29, 1.82) is 5.26 Å². The van der Waals surface area contributed by atoms with Gasteiger partial charge in [0, 0.05) is 21.5 Å². The molecular weight excluding hydrogens is 280 g/mol. The summed E-state index contributed by atoms with van der Waals surface area (Å²) in [6.07, 6.45) is 4.53. The second-order valence-corrected chi connectivity index (χ2v) is 7.20. The van der Waals surface area contributed by atoms with E-state index in [2.05, 4.69) is 48.9 Å². The van der Waals surface area contributed by atoms with Crippen LogP contribution in [0.25, 0.3) is 11.6 Å². The average Bonchev–Trinajstić information content (AvgIpc) is 3.01. The van der Waals surface area contributed by atoms with Crippen LogP contribution in [0.5, 0.6) is 0 Å². The fourth-order valence-corrected chi connectivity index (χ4v) is 3.14. The summed E-state index contributed by atoms with van der Waals surface area (Å²) < 4.78 is 0. The Morgan fingerprint density at radius 1 is 1.48 bits per heavy atom. The van der Waals surface area contributed by atoms with Crippen LogP contribution in [-0.4, -0.2) is 15.2 Å². The molecule has 0 bridgehead atoms. The molecule has 2 aromatic rings. The van der Waals surface area contributed by atoms with Crippen molar-refractivity contribution in [1.82, 2.24) is 15.2 Å². The Hall–Kier alpha value is -1.93. The van der Waals surface area contributed by atoms with E-state index in [4.69, 9.17) is 0 Å². The van der Waals surface area contributed by atoms with Crippen LogP contribution in [0.4, 0.5) is 0 Å². The van der Waals surface area contributed by atoms with Crippen LogP contribution in [-0.2, 0) is 11.8 Å². The van der Waals surface area contributed by atoms with Gasteiger partial charge in [0.25, 0.3) is 0 Å². The van der Waals surface area contributed by atoms with Gasteiger partial charge in [0.05, 0.1) is 17.5 Å². The highest BCUT2D eigenvalue weighted by Crippen LogP contribution is 2.29. The molecule has 0 aliphatic heterocycles. The van der Waals surface area contributed by atoms with Crippen molar-refractivity contribution in [2.24, 2.45) is 0 Å². The van der Waals surface area contributed by atoms with Crippen LogP contribution >= 0.6 is 11.3 Å². The number of H-pyrrole nitrogens is 1. The van der Waals surface area contributed by atoms with Gasteiger partial charge in [0.2, 0.25) is 0 Å². The number of rotatable bonds is 3. The second kappa shape index (κ2) is 5.82. The first kappa shape index (κ1) is 15.5. The smallest absolute Gasteiger partial charge is 0.134 e. The fraction of sp³-hybridized carbons (Fsp3) is 0.438. The third-order valence-electron chi connectivity index (χ3n) is 3.30. The van der Waals surface area contributed by atoms with Gasteiger partial charge in [0.1, 0.15) is 11.1 Å². The molecule has 0 spiro atoms. The first-order valence-corrected chi connectivity index (χ1v) is 7.80. The Bertz CT molecular complexity index is 707. The molecule has 2 rings (SSSR count). The van der Waals surface area contributed by atoms with Gasteiger partial charge in [-0.25, -0.2) is 4.98 Å². The minimum absolute atomic E-state index is 0.0454. The van der Waals surface area contributed by atoms with Gasteiger partial charge in [-0.15, -0.1) is 11.3 Å². The molecule has 0 radical (unpaired) electrons. The molecule has 21 heavy (non-hydrogen) atoms. The van der Waals surface area contributed by atoms with Crippen molar-refractivity contribution in [3.8, 4) is 6.07 Å². The standard InChI is InChI=1S/C16H20N4S/c1-6-13-10(2)21-15(19-13)11(8-17)7-12-9-18-20-14(12)16(3,4)5/h7,9H,6H2,1-5H3,(H,18,20). The Balaban J connectivity index is 2.47. The lowest BCUT2D eigenvalue weighted by Crippen LogP contribution is -2.13. The van der Waals surface area contributed by atoms with Crippen molar-refractivity contribution in [3.63, 3.8) is 0 Å². The minimum Gasteiger partial charge on any atom is -0.281 e. The number of allylic oxidation sites excluding steroid dienone is 1. The SMILES string of the molecule is CCc1nc(C(C#N)=Cc2cn[nH]c2C(C)(C)C)sc1C. The predicted molar refractivity (Wildman–Crippen MR) is 87.0 cm³/mol. The number of nitrogens with zero attached hydrogens (tertiary/aromatic N) is 3. The number of nitriles is 1. The normalized spacial score (nSPS) is 12.5. The van der Waals surface area contributed by atoms with E-state index in [0.717, 1.165) is 28.4 Å². The largest absolute Gasteiger partial charge is 0.281 e. The third kappa shape index (κ3) is 3.22. The lowest BCUT2D eigenvalue weighted by atomic mass is 9.89. The van der Waals surface area contributed by atoms with Crippen molar-refractivity contribution < 1.29 is 0 Å². The molecule has 0 aliphatic rings. The van der Waals surface area contributed by atoms with Crippen LogP contribution in [0.15, 0.2) is 6.20 Å². The average molecular weight is 300 g/mol. The summed E-state index contributed by atoms with van der Waals surface area (Å²) >= 11 is 1.57. The number of hydrogen-bond acceptors (Lipinski definition) is 4. The van der Waals surface area contributed by atoms with Crippen molar-refractivity contribution in [2.45, 2.75) is 46.5 Å². The van der Waals surface area contributed by atoms with E-state index >= 15 is 0 Å². The predicted octanol–water partition coefficient (Wildman–Crippen LogP) is 4.10. The van der Waals surface area contributed by atoms with Gasteiger partial charge in [0.15, 0.2) is 0 Å². The van der Waals surface area contributed by atoms with Gasteiger partial charge < -0.3 is 0 Å². The molecule has 5 heteroatoms. The zero-order chi connectivity index (χ0) is 15.6. The minimum atomic E-state index is -0.0454. The van der Waals surface area contributed by atoms with E-state index in [1.54, 1.807) is 17.5 Å². The molecule has 0 saturated carbocycles. The zero-order valence-electron chi connectivity index (χ0n) is 13.1. The van der Waals surface area contributed by atoms with Gasteiger partial charge in [-0.2, -0.15) is 10.4 Å². The van der Waals surface area contributed by atoms with Crippen LogP contribution < -0.4 is 0 Å². The number of aryl methyl sites for hydroxylation is 2. The molecular formula is C16H20N4S. The molecule has 4 nitrogen and oxygen atoms in total. The summed E-state index contributed by atoms with van der Waals surface area (Å²) in [6.45, 7) is 10.5. The molecule has 0 fully saturated rings. The van der Waals surface area contributed by atoms with Gasteiger partial charge >= 0.3 is 0 Å². The van der Waals surface area contributed by atoms with E-state index in [1.807, 2.05) is 13.0 Å².